The van der Waals surface area contributed by atoms with Crippen LogP contribution >= 0.6 is 0 Å². The SMILES string of the molecule is C[C@H]1CC[C@H](n2cc(NC(=O)c3coc(-c4cn[nH]c4)n3)c(-c3cnccn3)n2)CC1. The molecule has 0 saturated heterocycles. The first kappa shape index (κ1) is 19.2. The number of H-pyrrole nitrogens is 1. The van der Waals surface area contributed by atoms with Crippen LogP contribution in [0.2, 0.25) is 0 Å². The fraction of sp³-hybridized carbons (Fsp3) is 0.333. The van der Waals surface area contributed by atoms with Gasteiger partial charge in [0, 0.05) is 24.8 Å². The Morgan fingerprint density at radius 3 is 2.84 bits per heavy atom. The first-order chi connectivity index (χ1) is 15.2. The van der Waals surface area contributed by atoms with Gasteiger partial charge in [0.05, 0.1) is 29.7 Å². The number of nitrogens with one attached hydrogen (secondary N) is 2. The summed E-state index contributed by atoms with van der Waals surface area (Å²) in [6.45, 7) is 2.28. The summed E-state index contributed by atoms with van der Waals surface area (Å²) in [4.78, 5) is 25.6. The van der Waals surface area contributed by atoms with Gasteiger partial charge in [-0.3, -0.25) is 24.5 Å². The predicted octanol–water partition coefficient (Wildman–Crippen LogP) is 3.72. The Morgan fingerprint density at radius 2 is 2.10 bits per heavy atom. The molecule has 0 unspecified atom stereocenters. The van der Waals surface area contributed by atoms with Crippen molar-refractivity contribution in [2.24, 2.45) is 5.92 Å². The number of aromatic nitrogens is 7. The average molecular weight is 418 g/mol. The Kier molecular flexibility index (Phi) is 5.03. The third-order valence-corrected chi connectivity index (χ3v) is 5.63. The zero-order valence-electron chi connectivity index (χ0n) is 17.0. The van der Waals surface area contributed by atoms with Crippen LogP contribution in [0.3, 0.4) is 0 Å². The fourth-order valence-electron chi connectivity index (χ4n) is 3.85. The molecule has 1 aliphatic carbocycles. The highest BCUT2D eigenvalue weighted by Gasteiger charge is 2.24. The van der Waals surface area contributed by atoms with Crippen LogP contribution in [0.15, 0.2) is 47.9 Å². The third kappa shape index (κ3) is 3.96. The molecular formula is C21H22N8O2. The molecule has 0 aliphatic heterocycles. The van der Waals surface area contributed by atoms with Crippen molar-refractivity contribution in [3.8, 4) is 22.8 Å². The van der Waals surface area contributed by atoms with Crippen LogP contribution in [-0.2, 0) is 0 Å². The highest BCUT2D eigenvalue weighted by atomic mass is 16.3. The van der Waals surface area contributed by atoms with Crippen LogP contribution in [0.5, 0.6) is 0 Å². The van der Waals surface area contributed by atoms with Crippen molar-refractivity contribution in [2.45, 2.75) is 38.6 Å². The minimum absolute atomic E-state index is 0.167. The zero-order valence-corrected chi connectivity index (χ0v) is 17.0. The quantitative estimate of drug-likeness (QED) is 0.505. The van der Waals surface area contributed by atoms with E-state index in [1.54, 1.807) is 31.0 Å². The van der Waals surface area contributed by atoms with E-state index in [1.807, 2.05) is 10.9 Å². The molecule has 0 atom stereocenters. The number of hydrogen-bond acceptors (Lipinski definition) is 7. The van der Waals surface area contributed by atoms with E-state index in [0.29, 0.717) is 34.6 Å². The molecule has 10 heteroatoms. The van der Waals surface area contributed by atoms with Crippen molar-refractivity contribution < 1.29 is 9.21 Å². The molecule has 4 heterocycles. The van der Waals surface area contributed by atoms with Gasteiger partial charge in [0.25, 0.3) is 5.91 Å². The molecular weight excluding hydrogens is 396 g/mol. The van der Waals surface area contributed by atoms with Gasteiger partial charge in [-0.1, -0.05) is 6.92 Å². The molecule has 0 bridgehead atoms. The summed E-state index contributed by atoms with van der Waals surface area (Å²) >= 11 is 0. The molecule has 1 amide bonds. The van der Waals surface area contributed by atoms with Crippen molar-refractivity contribution in [1.29, 1.82) is 0 Å². The molecule has 0 aromatic carbocycles. The number of nitrogens with zero attached hydrogens (tertiary/aromatic N) is 6. The number of oxazole rings is 1. The predicted molar refractivity (Wildman–Crippen MR) is 112 cm³/mol. The van der Waals surface area contributed by atoms with Crippen molar-refractivity contribution in [3.63, 3.8) is 0 Å². The summed E-state index contributed by atoms with van der Waals surface area (Å²) in [5.41, 5.74) is 2.58. The van der Waals surface area contributed by atoms with Gasteiger partial charge >= 0.3 is 0 Å². The van der Waals surface area contributed by atoms with E-state index in [4.69, 9.17) is 9.52 Å². The maximum absolute atomic E-state index is 12.9. The van der Waals surface area contributed by atoms with Gasteiger partial charge in [-0.25, -0.2) is 4.98 Å². The van der Waals surface area contributed by atoms with Crippen LogP contribution in [0, 0.1) is 5.92 Å². The number of carbonyl (C=O) groups excluding carboxylic acids is 1. The lowest BCUT2D eigenvalue weighted by Gasteiger charge is -2.26. The normalized spacial score (nSPS) is 18.7. The molecule has 0 spiro atoms. The lowest BCUT2D eigenvalue weighted by molar-refractivity contribution is 0.102. The maximum Gasteiger partial charge on any atom is 0.277 e. The second-order valence-corrected chi connectivity index (χ2v) is 7.85. The van der Waals surface area contributed by atoms with E-state index < -0.39 is 0 Å². The molecule has 4 aromatic rings. The maximum atomic E-state index is 12.9. The van der Waals surface area contributed by atoms with E-state index >= 15 is 0 Å². The van der Waals surface area contributed by atoms with E-state index in [2.05, 4.69) is 37.4 Å². The van der Waals surface area contributed by atoms with Gasteiger partial charge in [-0.15, -0.1) is 0 Å². The van der Waals surface area contributed by atoms with Crippen molar-refractivity contribution in [1.82, 2.24) is 34.9 Å². The number of amides is 1. The van der Waals surface area contributed by atoms with Crippen LogP contribution in [0.1, 0.15) is 49.1 Å². The summed E-state index contributed by atoms with van der Waals surface area (Å²) in [6, 6.07) is 0.303. The van der Waals surface area contributed by atoms with Crippen LogP contribution in [-0.4, -0.2) is 40.8 Å². The molecule has 2 N–H and O–H groups in total. The molecule has 0 radical (unpaired) electrons. The summed E-state index contributed by atoms with van der Waals surface area (Å²) in [7, 11) is 0. The van der Waals surface area contributed by atoms with Crippen LogP contribution in [0.25, 0.3) is 22.8 Å². The molecule has 31 heavy (non-hydrogen) atoms. The van der Waals surface area contributed by atoms with E-state index in [1.165, 1.54) is 19.1 Å². The van der Waals surface area contributed by atoms with Crippen molar-refractivity contribution in [2.75, 3.05) is 5.32 Å². The first-order valence-electron chi connectivity index (χ1n) is 10.3. The lowest BCUT2D eigenvalue weighted by Crippen LogP contribution is -2.17. The molecule has 1 fully saturated rings. The fourth-order valence-corrected chi connectivity index (χ4v) is 3.85. The average Bonchev–Trinajstić information content (AvgIpc) is 3.55. The molecule has 4 aromatic heterocycles. The molecule has 1 aliphatic rings. The van der Waals surface area contributed by atoms with Crippen molar-refractivity contribution >= 4 is 11.6 Å². The second-order valence-electron chi connectivity index (χ2n) is 7.85. The highest BCUT2D eigenvalue weighted by Crippen LogP contribution is 2.34. The highest BCUT2D eigenvalue weighted by molar-refractivity contribution is 6.04. The van der Waals surface area contributed by atoms with Gasteiger partial charge in [0.15, 0.2) is 5.69 Å². The number of aromatic amines is 1. The zero-order chi connectivity index (χ0) is 21.2. The van der Waals surface area contributed by atoms with Crippen LogP contribution in [0.4, 0.5) is 5.69 Å². The smallest absolute Gasteiger partial charge is 0.277 e. The Bertz CT molecular complexity index is 1160. The lowest BCUT2D eigenvalue weighted by atomic mass is 9.87. The van der Waals surface area contributed by atoms with Gasteiger partial charge in [-0.2, -0.15) is 10.2 Å². The summed E-state index contributed by atoms with van der Waals surface area (Å²) < 4.78 is 7.37. The Labute approximate surface area is 178 Å². The summed E-state index contributed by atoms with van der Waals surface area (Å²) in [6.07, 6.45) is 15.7. The van der Waals surface area contributed by atoms with Gasteiger partial charge in [0.1, 0.15) is 17.7 Å². The largest absolute Gasteiger partial charge is 0.444 e. The summed E-state index contributed by atoms with van der Waals surface area (Å²) in [5, 5.41) is 14.2. The summed E-state index contributed by atoms with van der Waals surface area (Å²) in [5.74, 6) is 0.669. The Hall–Kier alpha value is -3.82. The van der Waals surface area contributed by atoms with Crippen LogP contribution < -0.4 is 5.32 Å². The van der Waals surface area contributed by atoms with E-state index in [-0.39, 0.29) is 11.6 Å². The monoisotopic (exact) mass is 418 g/mol. The molecule has 5 rings (SSSR count). The molecule has 1 saturated carbocycles. The van der Waals surface area contributed by atoms with Crippen molar-refractivity contribution in [3.05, 3.63) is 49.1 Å². The Morgan fingerprint density at radius 1 is 1.23 bits per heavy atom. The van der Waals surface area contributed by atoms with E-state index in [9.17, 15) is 4.79 Å². The minimum atomic E-state index is -0.388. The molecule has 10 nitrogen and oxygen atoms in total. The second kappa shape index (κ2) is 8.13. The topological polar surface area (TPSA) is 127 Å². The standard InChI is InChI=1S/C21H22N8O2/c1-13-2-4-15(5-3-13)29-11-17(19(28-29)16-10-22-6-7-23-16)26-20(30)18-12-31-21(27-18)14-8-24-25-9-14/h6-13,15H,2-5H2,1H3,(H,24,25)(H,26,30)/t13-,15-. The number of rotatable bonds is 5. The number of carbonyl (C=O) groups is 1. The number of anilines is 1. The van der Waals surface area contributed by atoms with Gasteiger partial charge in [0.2, 0.25) is 5.89 Å². The Balaban J connectivity index is 1.42. The van der Waals surface area contributed by atoms with E-state index in [0.717, 1.165) is 18.8 Å². The van der Waals surface area contributed by atoms with Gasteiger partial charge < -0.3 is 9.73 Å². The van der Waals surface area contributed by atoms with Gasteiger partial charge in [-0.05, 0) is 31.6 Å². The molecule has 158 valence electrons. The first-order valence-corrected chi connectivity index (χ1v) is 10.3. The third-order valence-electron chi connectivity index (χ3n) is 5.63. The number of hydrogen-bond donors (Lipinski definition) is 2. The minimum Gasteiger partial charge on any atom is -0.444 e.